The summed E-state index contributed by atoms with van der Waals surface area (Å²) in [5.74, 6) is -0.456. The molecule has 0 atom stereocenters. The molecular formula is C13H18N2O2Si. The van der Waals surface area contributed by atoms with Crippen molar-refractivity contribution in [2.45, 2.75) is 25.7 Å². The lowest BCUT2D eigenvalue weighted by Crippen LogP contribution is -2.23. The highest BCUT2D eigenvalue weighted by Gasteiger charge is 2.16. The van der Waals surface area contributed by atoms with E-state index in [1.807, 2.05) is 6.07 Å². The summed E-state index contributed by atoms with van der Waals surface area (Å²) in [6.45, 7) is 7.05. The Morgan fingerprint density at radius 2 is 2.11 bits per heavy atom. The molecule has 0 aliphatic heterocycles. The van der Waals surface area contributed by atoms with E-state index >= 15 is 0 Å². The molecule has 0 aromatic heterocycles. The van der Waals surface area contributed by atoms with E-state index in [0.717, 1.165) is 6.04 Å². The molecule has 0 spiro atoms. The Hall–Kier alpha value is -1.80. The van der Waals surface area contributed by atoms with Gasteiger partial charge in [-0.3, -0.25) is 0 Å². The fourth-order valence-electron chi connectivity index (χ4n) is 1.33. The van der Waals surface area contributed by atoms with Crippen LogP contribution in [-0.4, -0.2) is 20.7 Å². The first-order valence-corrected chi connectivity index (χ1v) is 9.51. The second kappa shape index (κ2) is 5.69. The van der Waals surface area contributed by atoms with Crippen molar-refractivity contribution in [3.8, 4) is 6.07 Å². The van der Waals surface area contributed by atoms with Crippen molar-refractivity contribution in [2.24, 2.45) is 0 Å². The lowest BCUT2D eigenvalue weighted by Gasteiger charge is -2.15. The van der Waals surface area contributed by atoms with Crippen molar-refractivity contribution in [1.29, 1.82) is 5.26 Å². The predicted octanol–water partition coefficient (Wildman–Crippen LogP) is 2.64. The van der Waals surface area contributed by atoms with E-state index in [0.29, 0.717) is 17.9 Å². The van der Waals surface area contributed by atoms with Crippen LogP contribution in [0.2, 0.25) is 25.7 Å². The first-order chi connectivity index (χ1) is 8.33. The zero-order valence-electron chi connectivity index (χ0n) is 11.0. The van der Waals surface area contributed by atoms with Gasteiger partial charge in [-0.2, -0.15) is 5.26 Å². The van der Waals surface area contributed by atoms with Gasteiger partial charge in [0, 0.05) is 13.8 Å². The molecule has 2 N–H and O–H groups in total. The van der Waals surface area contributed by atoms with Crippen LogP contribution in [0.15, 0.2) is 18.2 Å². The van der Waals surface area contributed by atoms with Gasteiger partial charge in [0.1, 0.15) is 0 Å². The number of rotatable bonds is 4. The summed E-state index contributed by atoms with van der Waals surface area (Å²) in [7, 11) is -1.22. The summed E-state index contributed by atoms with van der Waals surface area (Å²) < 4.78 is 5.19. The predicted molar refractivity (Wildman–Crippen MR) is 74.0 cm³/mol. The van der Waals surface area contributed by atoms with Crippen molar-refractivity contribution in [2.75, 3.05) is 12.3 Å². The smallest absolute Gasteiger partial charge is 0.340 e. The Morgan fingerprint density at radius 1 is 1.44 bits per heavy atom. The number of hydrogen-bond acceptors (Lipinski definition) is 4. The molecule has 0 fully saturated rings. The highest BCUT2D eigenvalue weighted by molar-refractivity contribution is 6.76. The number of hydrogen-bond donors (Lipinski definition) is 1. The number of carbonyl (C=O) groups excluding carboxylic acids is 1. The van der Waals surface area contributed by atoms with Gasteiger partial charge in [-0.25, -0.2) is 4.79 Å². The molecule has 0 unspecified atom stereocenters. The van der Waals surface area contributed by atoms with Crippen LogP contribution in [0.3, 0.4) is 0 Å². The Kier molecular flexibility index (Phi) is 4.51. The fourth-order valence-corrected chi connectivity index (χ4v) is 2.04. The van der Waals surface area contributed by atoms with Crippen molar-refractivity contribution in [3.63, 3.8) is 0 Å². The third-order valence-electron chi connectivity index (χ3n) is 2.49. The summed E-state index contributed by atoms with van der Waals surface area (Å²) in [4.78, 5) is 11.8. The molecule has 4 nitrogen and oxygen atoms in total. The molecule has 1 rings (SSSR count). The van der Waals surface area contributed by atoms with Crippen LogP contribution in [0.1, 0.15) is 15.9 Å². The SMILES string of the molecule is C[Si](C)(C)CCOC(=O)c1cc(C#N)ccc1N. The molecule has 1 aromatic carbocycles. The van der Waals surface area contributed by atoms with E-state index in [2.05, 4.69) is 19.6 Å². The average Bonchev–Trinajstić information content (AvgIpc) is 2.27. The number of benzene rings is 1. The number of nitriles is 1. The van der Waals surface area contributed by atoms with Gasteiger partial charge in [0.05, 0.1) is 23.8 Å². The maximum Gasteiger partial charge on any atom is 0.340 e. The van der Waals surface area contributed by atoms with Crippen LogP contribution in [0.4, 0.5) is 5.69 Å². The molecule has 1 aromatic rings. The zero-order chi connectivity index (χ0) is 13.8. The van der Waals surface area contributed by atoms with Crippen molar-refractivity contribution < 1.29 is 9.53 Å². The monoisotopic (exact) mass is 262 g/mol. The molecule has 0 aliphatic carbocycles. The molecule has 5 heteroatoms. The molecule has 0 bridgehead atoms. The Labute approximate surface area is 108 Å². The fraction of sp³-hybridized carbons (Fsp3) is 0.385. The summed E-state index contributed by atoms with van der Waals surface area (Å²) in [5.41, 5.74) is 6.71. The van der Waals surface area contributed by atoms with E-state index in [9.17, 15) is 4.79 Å². The molecule has 0 amide bonds. The lowest BCUT2D eigenvalue weighted by molar-refractivity contribution is 0.0526. The zero-order valence-corrected chi connectivity index (χ0v) is 12.0. The quantitative estimate of drug-likeness (QED) is 0.514. The van der Waals surface area contributed by atoms with E-state index in [4.69, 9.17) is 15.7 Å². The third kappa shape index (κ3) is 4.22. The second-order valence-electron chi connectivity index (χ2n) is 5.36. The minimum atomic E-state index is -1.22. The first kappa shape index (κ1) is 14.3. The lowest BCUT2D eigenvalue weighted by atomic mass is 10.1. The van der Waals surface area contributed by atoms with Gasteiger partial charge in [-0.15, -0.1) is 0 Å². The molecule has 0 saturated carbocycles. The van der Waals surface area contributed by atoms with Gasteiger partial charge in [-0.1, -0.05) is 19.6 Å². The normalized spacial score (nSPS) is 10.8. The van der Waals surface area contributed by atoms with E-state index < -0.39 is 14.0 Å². The number of esters is 1. The average molecular weight is 262 g/mol. The topological polar surface area (TPSA) is 76.1 Å². The number of anilines is 1. The molecule has 0 heterocycles. The van der Waals surface area contributed by atoms with Crippen molar-refractivity contribution in [1.82, 2.24) is 0 Å². The van der Waals surface area contributed by atoms with Crippen LogP contribution in [0, 0.1) is 11.3 Å². The van der Waals surface area contributed by atoms with Gasteiger partial charge in [-0.05, 0) is 24.2 Å². The van der Waals surface area contributed by atoms with Crippen LogP contribution in [0.5, 0.6) is 0 Å². The van der Waals surface area contributed by atoms with Crippen LogP contribution < -0.4 is 5.73 Å². The van der Waals surface area contributed by atoms with Gasteiger partial charge >= 0.3 is 5.97 Å². The second-order valence-corrected chi connectivity index (χ2v) is 11.0. The molecule has 0 aliphatic rings. The molecule has 18 heavy (non-hydrogen) atoms. The number of nitrogen functional groups attached to an aromatic ring is 1. The number of nitrogens with zero attached hydrogens (tertiary/aromatic N) is 1. The Bertz CT molecular complexity index is 487. The van der Waals surface area contributed by atoms with Crippen LogP contribution in [0.25, 0.3) is 0 Å². The van der Waals surface area contributed by atoms with Crippen molar-refractivity contribution >= 4 is 19.7 Å². The molecular weight excluding hydrogens is 244 g/mol. The third-order valence-corrected chi connectivity index (χ3v) is 4.19. The van der Waals surface area contributed by atoms with Crippen LogP contribution >= 0.6 is 0 Å². The van der Waals surface area contributed by atoms with Gasteiger partial charge < -0.3 is 10.5 Å². The van der Waals surface area contributed by atoms with Crippen molar-refractivity contribution in [3.05, 3.63) is 29.3 Å². The van der Waals surface area contributed by atoms with Gasteiger partial charge in [0.15, 0.2) is 0 Å². The van der Waals surface area contributed by atoms with E-state index in [-0.39, 0.29) is 5.56 Å². The maximum atomic E-state index is 11.8. The molecule has 0 saturated heterocycles. The number of carbonyl (C=O) groups is 1. The molecule has 0 radical (unpaired) electrons. The van der Waals surface area contributed by atoms with Gasteiger partial charge in [0.25, 0.3) is 0 Å². The van der Waals surface area contributed by atoms with E-state index in [1.54, 1.807) is 12.1 Å². The highest BCUT2D eigenvalue weighted by Crippen LogP contribution is 2.16. The van der Waals surface area contributed by atoms with E-state index in [1.165, 1.54) is 6.07 Å². The summed E-state index contributed by atoms with van der Waals surface area (Å²) in [6.07, 6.45) is 0. The number of ether oxygens (including phenoxy) is 1. The van der Waals surface area contributed by atoms with Gasteiger partial charge in [0.2, 0.25) is 0 Å². The summed E-state index contributed by atoms with van der Waals surface area (Å²) >= 11 is 0. The van der Waals surface area contributed by atoms with Crippen LogP contribution in [-0.2, 0) is 4.74 Å². The minimum absolute atomic E-state index is 0.268. The number of nitrogens with two attached hydrogens (primary N) is 1. The maximum absolute atomic E-state index is 11.8. The summed E-state index contributed by atoms with van der Waals surface area (Å²) in [5, 5.41) is 8.78. The standard InChI is InChI=1S/C13H18N2O2Si/c1-18(2,3)7-6-17-13(16)11-8-10(9-14)4-5-12(11)15/h4-5,8H,6-7,15H2,1-3H3. The summed E-state index contributed by atoms with van der Waals surface area (Å²) in [6, 6.07) is 7.48. The molecule has 96 valence electrons. The highest BCUT2D eigenvalue weighted by atomic mass is 28.3. The largest absolute Gasteiger partial charge is 0.462 e. The first-order valence-electron chi connectivity index (χ1n) is 5.80. The Balaban J connectivity index is 2.70. The minimum Gasteiger partial charge on any atom is -0.462 e. The Morgan fingerprint density at radius 3 is 2.67 bits per heavy atom.